The fourth-order valence-electron chi connectivity index (χ4n) is 2.78. The zero-order valence-corrected chi connectivity index (χ0v) is 14.9. The van der Waals surface area contributed by atoms with Crippen molar-refractivity contribution in [1.82, 2.24) is 20.0 Å². The summed E-state index contributed by atoms with van der Waals surface area (Å²) in [6.45, 7) is 7.65. The van der Waals surface area contributed by atoms with Crippen LogP contribution in [0, 0.1) is 0 Å². The van der Waals surface area contributed by atoms with Crippen LogP contribution >= 0.6 is 0 Å². The second-order valence-corrected chi connectivity index (χ2v) is 6.49. The van der Waals surface area contributed by atoms with Gasteiger partial charge in [-0.05, 0) is 24.3 Å². The maximum absolute atomic E-state index is 12.6. The first-order chi connectivity index (χ1) is 12.1. The molecule has 0 unspecified atom stereocenters. The largest absolute Gasteiger partial charge is 0.497 e. The molecule has 1 aliphatic heterocycles. The second kappa shape index (κ2) is 7.65. The van der Waals surface area contributed by atoms with Crippen molar-refractivity contribution in [3.8, 4) is 5.75 Å². The highest BCUT2D eigenvalue weighted by Crippen LogP contribution is 2.16. The molecule has 2 aromatic rings. The Labute approximate surface area is 147 Å². The van der Waals surface area contributed by atoms with Gasteiger partial charge in [0.1, 0.15) is 5.75 Å². The lowest BCUT2D eigenvalue weighted by Crippen LogP contribution is -2.48. The number of piperazine rings is 1. The van der Waals surface area contributed by atoms with Crippen LogP contribution in [0.3, 0.4) is 0 Å². The highest BCUT2D eigenvalue weighted by molar-refractivity contribution is 5.94. The number of hydrogen-bond acceptors (Lipinski definition) is 6. The fraction of sp³-hybridized carbons (Fsp3) is 0.500. The van der Waals surface area contributed by atoms with Crippen molar-refractivity contribution in [2.75, 3.05) is 33.3 Å². The molecule has 0 aliphatic carbocycles. The average Bonchev–Trinajstić information content (AvgIpc) is 3.11. The Morgan fingerprint density at radius 2 is 1.84 bits per heavy atom. The van der Waals surface area contributed by atoms with Crippen molar-refractivity contribution < 1.29 is 13.9 Å². The SMILES string of the molecule is COc1ccc(C(=O)N2CCN(Cc3nnc(C(C)C)o3)CC2)cc1. The highest BCUT2D eigenvalue weighted by Gasteiger charge is 2.23. The van der Waals surface area contributed by atoms with E-state index < -0.39 is 0 Å². The fourth-order valence-corrected chi connectivity index (χ4v) is 2.78. The van der Waals surface area contributed by atoms with E-state index in [1.165, 1.54) is 0 Å². The summed E-state index contributed by atoms with van der Waals surface area (Å²) in [6, 6.07) is 7.23. The van der Waals surface area contributed by atoms with Gasteiger partial charge in [0.15, 0.2) is 0 Å². The molecule has 1 aliphatic rings. The van der Waals surface area contributed by atoms with Crippen molar-refractivity contribution in [2.45, 2.75) is 26.3 Å². The first-order valence-corrected chi connectivity index (χ1v) is 8.55. The van der Waals surface area contributed by atoms with Crippen LogP contribution in [0.25, 0.3) is 0 Å². The summed E-state index contributed by atoms with van der Waals surface area (Å²) in [5.41, 5.74) is 0.688. The Hall–Kier alpha value is -2.41. The van der Waals surface area contributed by atoms with E-state index in [4.69, 9.17) is 9.15 Å². The minimum atomic E-state index is 0.0576. The summed E-state index contributed by atoms with van der Waals surface area (Å²) in [6.07, 6.45) is 0. The van der Waals surface area contributed by atoms with Gasteiger partial charge in [-0.3, -0.25) is 9.69 Å². The van der Waals surface area contributed by atoms with Gasteiger partial charge >= 0.3 is 0 Å². The van der Waals surface area contributed by atoms with Gasteiger partial charge in [0.05, 0.1) is 13.7 Å². The standard InChI is InChI=1S/C18H24N4O3/c1-13(2)17-20-19-16(25-17)12-21-8-10-22(11-9-21)18(23)14-4-6-15(24-3)7-5-14/h4-7,13H,8-12H2,1-3H3. The number of carbonyl (C=O) groups is 1. The number of ether oxygens (including phenoxy) is 1. The maximum atomic E-state index is 12.6. The summed E-state index contributed by atoms with van der Waals surface area (Å²) in [5, 5.41) is 8.16. The molecule has 3 rings (SSSR count). The molecule has 1 saturated heterocycles. The van der Waals surface area contributed by atoms with Gasteiger partial charge < -0.3 is 14.1 Å². The third-order valence-corrected chi connectivity index (χ3v) is 4.33. The van der Waals surface area contributed by atoms with Crippen LogP contribution in [-0.4, -0.2) is 59.2 Å². The lowest BCUT2D eigenvalue weighted by Gasteiger charge is -2.34. The van der Waals surface area contributed by atoms with Gasteiger partial charge in [0.25, 0.3) is 5.91 Å². The Kier molecular flexibility index (Phi) is 5.33. The Bertz CT molecular complexity index is 703. The minimum Gasteiger partial charge on any atom is -0.497 e. The predicted molar refractivity (Wildman–Crippen MR) is 92.6 cm³/mol. The third kappa shape index (κ3) is 4.17. The van der Waals surface area contributed by atoms with Gasteiger partial charge in [0, 0.05) is 37.7 Å². The number of benzene rings is 1. The summed E-state index contributed by atoms with van der Waals surface area (Å²) in [7, 11) is 1.61. The third-order valence-electron chi connectivity index (χ3n) is 4.33. The van der Waals surface area contributed by atoms with Crippen LogP contribution in [0.1, 0.15) is 41.9 Å². The van der Waals surface area contributed by atoms with Crippen LogP contribution in [-0.2, 0) is 6.54 Å². The normalized spacial score (nSPS) is 15.6. The van der Waals surface area contributed by atoms with E-state index in [0.29, 0.717) is 37.0 Å². The van der Waals surface area contributed by atoms with Gasteiger partial charge in [0.2, 0.25) is 11.8 Å². The lowest BCUT2D eigenvalue weighted by atomic mass is 10.1. The molecular weight excluding hydrogens is 320 g/mol. The van der Waals surface area contributed by atoms with E-state index in [0.717, 1.165) is 18.8 Å². The van der Waals surface area contributed by atoms with Gasteiger partial charge in [-0.1, -0.05) is 13.8 Å². The molecule has 0 saturated carbocycles. The van der Waals surface area contributed by atoms with E-state index in [1.807, 2.05) is 30.9 Å². The van der Waals surface area contributed by atoms with Crippen LogP contribution in [0.5, 0.6) is 5.75 Å². The molecule has 1 aromatic carbocycles. The van der Waals surface area contributed by atoms with E-state index in [-0.39, 0.29) is 11.8 Å². The minimum absolute atomic E-state index is 0.0576. The quantitative estimate of drug-likeness (QED) is 0.828. The smallest absolute Gasteiger partial charge is 0.253 e. The van der Waals surface area contributed by atoms with Gasteiger partial charge in [-0.25, -0.2) is 0 Å². The molecule has 7 nitrogen and oxygen atoms in total. The maximum Gasteiger partial charge on any atom is 0.253 e. The first-order valence-electron chi connectivity index (χ1n) is 8.55. The Balaban J connectivity index is 1.52. The molecule has 0 spiro atoms. The molecular formula is C18H24N4O3. The van der Waals surface area contributed by atoms with Gasteiger partial charge in [-0.2, -0.15) is 0 Å². The van der Waals surface area contributed by atoms with Crippen molar-refractivity contribution >= 4 is 5.91 Å². The summed E-state index contributed by atoms with van der Waals surface area (Å²) in [5.74, 6) is 2.35. The number of hydrogen-bond donors (Lipinski definition) is 0. The Morgan fingerprint density at radius 3 is 2.40 bits per heavy atom. The van der Waals surface area contributed by atoms with E-state index in [2.05, 4.69) is 15.1 Å². The molecule has 7 heteroatoms. The second-order valence-electron chi connectivity index (χ2n) is 6.49. The lowest BCUT2D eigenvalue weighted by molar-refractivity contribution is 0.0617. The average molecular weight is 344 g/mol. The van der Waals surface area contributed by atoms with Crippen molar-refractivity contribution in [3.05, 3.63) is 41.6 Å². The summed E-state index contributed by atoms with van der Waals surface area (Å²) >= 11 is 0. The molecule has 2 heterocycles. The van der Waals surface area contributed by atoms with Crippen molar-refractivity contribution in [1.29, 1.82) is 0 Å². The zero-order valence-electron chi connectivity index (χ0n) is 14.9. The zero-order chi connectivity index (χ0) is 17.8. The number of rotatable bonds is 5. The molecule has 1 aromatic heterocycles. The number of methoxy groups -OCH3 is 1. The van der Waals surface area contributed by atoms with Crippen molar-refractivity contribution in [2.24, 2.45) is 0 Å². The monoisotopic (exact) mass is 344 g/mol. The highest BCUT2D eigenvalue weighted by atomic mass is 16.5. The summed E-state index contributed by atoms with van der Waals surface area (Å²) in [4.78, 5) is 16.7. The molecule has 25 heavy (non-hydrogen) atoms. The number of aromatic nitrogens is 2. The molecule has 0 radical (unpaired) electrons. The van der Waals surface area contributed by atoms with Crippen LogP contribution in [0.2, 0.25) is 0 Å². The first kappa shape index (κ1) is 17.4. The van der Waals surface area contributed by atoms with Crippen LogP contribution < -0.4 is 4.74 Å². The molecule has 1 amide bonds. The van der Waals surface area contributed by atoms with Crippen molar-refractivity contribution in [3.63, 3.8) is 0 Å². The number of nitrogens with zero attached hydrogens (tertiary/aromatic N) is 4. The van der Waals surface area contributed by atoms with E-state index >= 15 is 0 Å². The predicted octanol–water partition coefficient (Wildman–Crippen LogP) is 2.16. The topological polar surface area (TPSA) is 71.7 Å². The van der Waals surface area contributed by atoms with Crippen LogP contribution in [0.15, 0.2) is 28.7 Å². The van der Waals surface area contributed by atoms with E-state index in [9.17, 15) is 4.79 Å². The van der Waals surface area contributed by atoms with E-state index in [1.54, 1.807) is 19.2 Å². The summed E-state index contributed by atoms with van der Waals surface area (Å²) < 4.78 is 10.8. The molecule has 1 fully saturated rings. The number of amides is 1. The molecule has 0 N–H and O–H groups in total. The molecule has 0 bridgehead atoms. The van der Waals surface area contributed by atoms with Gasteiger partial charge in [-0.15, -0.1) is 10.2 Å². The molecule has 134 valence electrons. The number of carbonyl (C=O) groups excluding carboxylic acids is 1. The molecule has 0 atom stereocenters. The van der Waals surface area contributed by atoms with Crippen LogP contribution in [0.4, 0.5) is 0 Å². The Morgan fingerprint density at radius 1 is 1.16 bits per heavy atom.